The van der Waals surface area contributed by atoms with E-state index in [1.54, 1.807) is 0 Å². The number of amides is 1. The van der Waals surface area contributed by atoms with E-state index in [1.165, 1.54) is 27.2 Å². The predicted octanol–water partition coefficient (Wildman–Crippen LogP) is 4.29. The Balaban J connectivity index is 1.48. The highest BCUT2D eigenvalue weighted by Crippen LogP contribution is 2.37. The van der Waals surface area contributed by atoms with Crippen LogP contribution >= 0.6 is 0 Å². The zero-order valence-electron chi connectivity index (χ0n) is 17.8. The standard InChI is InChI=1S/C25H30N2O3/c1-17-12-18(2)14-21(13-17)19(3)30-16-23-22-7-5-4-6-20(22)15-24(23)26-8-10-27(11-9-26)25(28)29/h4-7,12-14,23-24H,3,8-11,15-16H2,1-2H3,(H,28,29). The topological polar surface area (TPSA) is 53.0 Å². The summed E-state index contributed by atoms with van der Waals surface area (Å²) >= 11 is 0. The molecule has 1 aliphatic carbocycles. The van der Waals surface area contributed by atoms with Gasteiger partial charge in [-0.3, -0.25) is 4.90 Å². The molecule has 1 amide bonds. The van der Waals surface area contributed by atoms with Crippen LogP contribution in [0.1, 0.15) is 33.7 Å². The van der Waals surface area contributed by atoms with Crippen molar-refractivity contribution < 1.29 is 14.6 Å². The fourth-order valence-electron chi connectivity index (χ4n) is 4.90. The van der Waals surface area contributed by atoms with E-state index in [0.717, 1.165) is 25.1 Å². The van der Waals surface area contributed by atoms with E-state index in [0.29, 0.717) is 31.5 Å². The second-order valence-corrected chi connectivity index (χ2v) is 8.49. The average Bonchev–Trinajstić information content (AvgIpc) is 3.10. The van der Waals surface area contributed by atoms with Crippen LogP contribution in [0.4, 0.5) is 4.79 Å². The molecule has 5 heteroatoms. The smallest absolute Gasteiger partial charge is 0.407 e. The molecule has 158 valence electrons. The lowest BCUT2D eigenvalue weighted by atomic mass is 9.97. The van der Waals surface area contributed by atoms with Crippen LogP contribution in [0.5, 0.6) is 0 Å². The number of ether oxygens (including phenoxy) is 1. The molecule has 2 unspecified atom stereocenters. The molecule has 0 radical (unpaired) electrons. The monoisotopic (exact) mass is 406 g/mol. The predicted molar refractivity (Wildman–Crippen MR) is 119 cm³/mol. The van der Waals surface area contributed by atoms with Crippen LogP contribution in [-0.2, 0) is 11.2 Å². The van der Waals surface area contributed by atoms with Gasteiger partial charge >= 0.3 is 6.09 Å². The molecule has 1 fully saturated rings. The number of nitrogens with zero attached hydrogens (tertiary/aromatic N) is 2. The maximum atomic E-state index is 11.3. The lowest BCUT2D eigenvalue weighted by Crippen LogP contribution is -2.53. The van der Waals surface area contributed by atoms with Gasteiger partial charge in [0, 0.05) is 43.7 Å². The zero-order valence-corrected chi connectivity index (χ0v) is 17.8. The Labute approximate surface area is 178 Å². The zero-order chi connectivity index (χ0) is 21.3. The molecular formula is C25H30N2O3. The van der Waals surface area contributed by atoms with Crippen LogP contribution < -0.4 is 0 Å². The molecule has 2 aromatic rings. The van der Waals surface area contributed by atoms with Crippen molar-refractivity contribution in [1.82, 2.24) is 9.80 Å². The minimum Gasteiger partial charge on any atom is -0.493 e. The number of hydrogen-bond acceptors (Lipinski definition) is 3. The Morgan fingerprint density at radius 1 is 1.10 bits per heavy atom. The molecule has 0 aromatic heterocycles. The van der Waals surface area contributed by atoms with Gasteiger partial charge in [-0.2, -0.15) is 0 Å². The third-order valence-corrected chi connectivity index (χ3v) is 6.38. The minimum atomic E-state index is -0.825. The molecule has 0 saturated carbocycles. The molecule has 2 atom stereocenters. The van der Waals surface area contributed by atoms with Crippen molar-refractivity contribution in [2.75, 3.05) is 32.8 Å². The van der Waals surface area contributed by atoms with E-state index in [-0.39, 0.29) is 5.92 Å². The molecular weight excluding hydrogens is 376 g/mol. The molecule has 2 aromatic carbocycles. The first-order valence-electron chi connectivity index (χ1n) is 10.6. The lowest BCUT2D eigenvalue weighted by molar-refractivity contribution is 0.0716. The lowest BCUT2D eigenvalue weighted by Gasteiger charge is -2.39. The summed E-state index contributed by atoms with van der Waals surface area (Å²) < 4.78 is 6.23. The van der Waals surface area contributed by atoms with E-state index in [4.69, 9.17) is 4.74 Å². The summed E-state index contributed by atoms with van der Waals surface area (Å²) in [6.07, 6.45) is 0.154. The Morgan fingerprint density at radius 2 is 1.77 bits per heavy atom. The number of carbonyl (C=O) groups is 1. The molecule has 5 nitrogen and oxygen atoms in total. The van der Waals surface area contributed by atoms with Gasteiger partial charge in [0.05, 0.1) is 6.61 Å². The SMILES string of the molecule is C=C(OCC1c2ccccc2CC1N1CCN(C(=O)O)CC1)c1cc(C)cc(C)c1. The Kier molecular flexibility index (Phi) is 5.82. The van der Waals surface area contributed by atoms with Crippen molar-refractivity contribution >= 4 is 11.9 Å². The van der Waals surface area contributed by atoms with E-state index in [9.17, 15) is 9.90 Å². The van der Waals surface area contributed by atoms with Crippen molar-refractivity contribution in [2.24, 2.45) is 0 Å². The van der Waals surface area contributed by atoms with Crippen LogP contribution in [-0.4, -0.2) is 59.8 Å². The second-order valence-electron chi connectivity index (χ2n) is 8.49. The highest BCUT2D eigenvalue weighted by atomic mass is 16.5. The van der Waals surface area contributed by atoms with Crippen LogP contribution in [0.15, 0.2) is 49.0 Å². The average molecular weight is 407 g/mol. The fraction of sp³-hybridized carbons (Fsp3) is 0.400. The van der Waals surface area contributed by atoms with Gasteiger partial charge in [-0.1, -0.05) is 48.0 Å². The third-order valence-electron chi connectivity index (χ3n) is 6.38. The molecule has 30 heavy (non-hydrogen) atoms. The van der Waals surface area contributed by atoms with Gasteiger partial charge < -0.3 is 14.7 Å². The highest BCUT2D eigenvalue weighted by molar-refractivity contribution is 5.65. The number of aryl methyl sites for hydroxylation is 2. The number of fused-ring (bicyclic) bond motifs is 1. The fourth-order valence-corrected chi connectivity index (χ4v) is 4.90. The molecule has 0 bridgehead atoms. The molecule has 2 aliphatic rings. The highest BCUT2D eigenvalue weighted by Gasteiger charge is 2.38. The maximum Gasteiger partial charge on any atom is 0.407 e. The van der Waals surface area contributed by atoms with Gasteiger partial charge in [-0.05, 0) is 43.5 Å². The van der Waals surface area contributed by atoms with Gasteiger partial charge in [0.1, 0.15) is 5.76 Å². The molecule has 1 aliphatic heterocycles. The van der Waals surface area contributed by atoms with E-state index >= 15 is 0 Å². The minimum absolute atomic E-state index is 0.250. The first-order chi connectivity index (χ1) is 14.4. The Morgan fingerprint density at radius 3 is 2.43 bits per heavy atom. The molecule has 4 rings (SSSR count). The van der Waals surface area contributed by atoms with Gasteiger partial charge in [-0.25, -0.2) is 4.79 Å². The summed E-state index contributed by atoms with van der Waals surface area (Å²) in [4.78, 5) is 15.2. The van der Waals surface area contributed by atoms with Crippen molar-refractivity contribution in [2.45, 2.75) is 32.2 Å². The summed E-state index contributed by atoms with van der Waals surface area (Å²) in [6, 6.07) is 15.3. The van der Waals surface area contributed by atoms with Crippen molar-refractivity contribution in [3.63, 3.8) is 0 Å². The van der Waals surface area contributed by atoms with Crippen LogP contribution in [0, 0.1) is 13.8 Å². The largest absolute Gasteiger partial charge is 0.493 e. The number of benzene rings is 2. The van der Waals surface area contributed by atoms with Crippen LogP contribution in [0.3, 0.4) is 0 Å². The van der Waals surface area contributed by atoms with Gasteiger partial charge in [0.15, 0.2) is 0 Å². The van der Waals surface area contributed by atoms with Crippen molar-refractivity contribution in [3.8, 4) is 0 Å². The van der Waals surface area contributed by atoms with E-state index < -0.39 is 6.09 Å². The molecule has 1 heterocycles. The normalized spacial score (nSPS) is 21.3. The quantitative estimate of drug-likeness (QED) is 0.753. The van der Waals surface area contributed by atoms with E-state index in [2.05, 4.69) is 67.8 Å². The maximum absolute atomic E-state index is 11.3. The Hall–Kier alpha value is -2.79. The van der Waals surface area contributed by atoms with Crippen LogP contribution in [0.2, 0.25) is 0 Å². The number of piperazine rings is 1. The summed E-state index contributed by atoms with van der Waals surface area (Å²) in [5.41, 5.74) is 6.15. The first-order valence-corrected chi connectivity index (χ1v) is 10.6. The number of carboxylic acid groups (broad SMARTS) is 1. The first kappa shape index (κ1) is 20.5. The number of hydrogen-bond donors (Lipinski definition) is 1. The van der Waals surface area contributed by atoms with Crippen molar-refractivity contribution in [1.29, 1.82) is 0 Å². The summed E-state index contributed by atoms with van der Waals surface area (Å²) in [7, 11) is 0. The molecule has 0 spiro atoms. The summed E-state index contributed by atoms with van der Waals surface area (Å²) in [5.74, 6) is 0.959. The molecule has 1 saturated heterocycles. The summed E-state index contributed by atoms with van der Waals surface area (Å²) in [5, 5.41) is 9.25. The van der Waals surface area contributed by atoms with Gasteiger partial charge in [0.2, 0.25) is 0 Å². The number of rotatable bonds is 5. The summed E-state index contributed by atoms with van der Waals surface area (Å²) in [6.45, 7) is 11.6. The van der Waals surface area contributed by atoms with Crippen LogP contribution in [0.25, 0.3) is 5.76 Å². The van der Waals surface area contributed by atoms with E-state index in [1.807, 2.05) is 0 Å². The Bertz CT molecular complexity index is 927. The third kappa shape index (κ3) is 4.21. The van der Waals surface area contributed by atoms with Gasteiger partial charge in [-0.15, -0.1) is 0 Å². The van der Waals surface area contributed by atoms with Crippen molar-refractivity contribution in [3.05, 3.63) is 76.9 Å². The van der Waals surface area contributed by atoms with Gasteiger partial charge in [0.25, 0.3) is 0 Å². The molecule has 1 N–H and O–H groups in total. The second kappa shape index (κ2) is 8.52.